The number of nitrogens with zero attached hydrogens (tertiary/aromatic N) is 3. The maximum Gasteiger partial charge on any atom is 0.252 e. The number of para-hydroxylation sites is 3. The molecule has 0 atom stereocenters. The molecule has 0 aliphatic carbocycles. The summed E-state index contributed by atoms with van der Waals surface area (Å²) in [7, 11) is 0. The van der Waals surface area contributed by atoms with Crippen LogP contribution in [0.5, 0.6) is 0 Å². The fraction of sp³-hybridized carbons (Fsp3) is 0.106. The van der Waals surface area contributed by atoms with Gasteiger partial charge in [-0.05, 0) is 94.2 Å². The lowest BCUT2D eigenvalue weighted by atomic mass is 9.33. The van der Waals surface area contributed by atoms with Crippen LogP contribution in [0.25, 0.3) is 47.7 Å². The summed E-state index contributed by atoms with van der Waals surface area (Å²) in [6.07, 6.45) is 0. The van der Waals surface area contributed by atoms with Gasteiger partial charge < -0.3 is 14.4 Å². The molecule has 0 N–H and O–H groups in total. The summed E-state index contributed by atoms with van der Waals surface area (Å²) in [4.78, 5) is 2.50. The van der Waals surface area contributed by atoms with Gasteiger partial charge in [0.2, 0.25) is 0 Å². The minimum atomic E-state index is -1.60. The van der Waals surface area contributed by atoms with Crippen molar-refractivity contribution < 1.29 is 30.2 Å². The van der Waals surface area contributed by atoms with Gasteiger partial charge in [0.15, 0.2) is 0 Å². The Morgan fingerprint density at radius 2 is 1.27 bits per heavy atom. The van der Waals surface area contributed by atoms with Crippen LogP contribution >= 0.6 is 11.3 Å². The lowest BCUT2D eigenvalue weighted by Crippen LogP contribution is -2.62. The van der Waals surface area contributed by atoms with Gasteiger partial charge in [0.25, 0.3) is 6.71 Å². The number of rotatable bonds is 1. The topological polar surface area (TPSA) is 11.4 Å². The lowest BCUT2D eigenvalue weighted by molar-refractivity contribution is 0.591. The molecule has 3 nitrogen and oxygen atoms in total. The number of benzene rings is 7. The van der Waals surface area contributed by atoms with Crippen molar-refractivity contribution in [1.29, 1.82) is 0 Å². The van der Waals surface area contributed by atoms with E-state index in [0.717, 1.165) is 11.3 Å². The van der Waals surface area contributed by atoms with E-state index in [0.29, 0.717) is 0 Å². The van der Waals surface area contributed by atoms with Crippen molar-refractivity contribution in [3.05, 3.63) is 144 Å². The first kappa shape index (κ1) is 15.1. The van der Waals surface area contributed by atoms with Gasteiger partial charge >= 0.3 is 0 Å². The molecule has 12 rings (SSSR count). The Balaban J connectivity index is 1.40. The van der Waals surface area contributed by atoms with E-state index < -0.39 is 145 Å². The Labute approximate surface area is 338 Å². The predicted molar refractivity (Wildman–Crippen MR) is 225 cm³/mol. The molecule has 0 unspecified atom stereocenters. The quantitative estimate of drug-likeness (QED) is 0.158. The number of anilines is 6. The Morgan fingerprint density at radius 3 is 2.13 bits per heavy atom. The van der Waals surface area contributed by atoms with Crippen molar-refractivity contribution in [2.45, 2.75) is 33.1 Å². The highest BCUT2D eigenvalue weighted by molar-refractivity contribution is 7.26. The summed E-state index contributed by atoms with van der Waals surface area (Å²) in [6, 6.07) is -13.2. The minimum Gasteiger partial charge on any atom is -0.311 e. The highest BCUT2D eigenvalue weighted by Crippen LogP contribution is 2.53. The second-order valence-corrected chi connectivity index (χ2v) is 15.1. The van der Waals surface area contributed by atoms with Gasteiger partial charge in [-0.1, -0.05) is 99.3 Å². The Hall–Kier alpha value is -5.78. The van der Waals surface area contributed by atoms with E-state index in [1.54, 1.807) is 20.8 Å². The zero-order valence-electron chi connectivity index (χ0n) is 49.8. The molecule has 0 bridgehead atoms. The summed E-state index contributed by atoms with van der Waals surface area (Å²) in [5.74, 6) is 0. The van der Waals surface area contributed by atoms with Crippen LogP contribution in [0.2, 0.25) is 0 Å². The van der Waals surface area contributed by atoms with Gasteiger partial charge in [0.05, 0.1) is 63.9 Å². The average Bonchev–Trinajstić information content (AvgIpc) is 3.92. The van der Waals surface area contributed by atoms with E-state index in [1.165, 1.54) is 21.3 Å². The molecular weight excluding hydrogens is 649 g/mol. The largest absolute Gasteiger partial charge is 0.311 e. The van der Waals surface area contributed by atoms with Crippen LogP contribution in [0.1, 0.15) is 62.1 Å². The van der Waals surface area contributed by atoms with Crippen LogP contribution in [0.3, 0.4) is 0 Å². The Bertz CT molecular complexity index is 4310. The van der Waals surface area contributed by atoms with Crippen molar-refractivity contribution in [2.24, 2.45) is 0 Å². The van der Waals surface area contributed by atoms with Crippen LogP contribution < -0.4 is 26.2 Å². The fourth-order valence-corrected chi connectivity index (χ4v) is 8.95. The fourth-order valence-electron chi connectivity index (χ4n) is 7.99. The molecule has 7 aromatic carbocycles. The van der Waals surface area contributed by atoms with E-state index in [2.05, 4.69) is 0 Å². The van der Waals surface area contributed by atoms with E-state index in [1.807, 2.05) is 0 Å². The summed E-state index contributed by atoms with van der Waals surface area (Å²) >= 11 is 0.766. The third kappa shape index (κ3) is 3.52. The Morgan fingerprint density at radius 1 is 0.577 bits per heavy atom. The van der Waals surface area contributed by atoms with E-state index in [4.69, 9.17) is 9.60 Å². The van der Waals surface area contributed by atoms with Crippen LogP contribution in [0.15, 0.2) is 133 Å². The van der Waals surface area contributed by atoms with E-state index >= 15 is 0 Å². The second-order valence-electron chi connectivity index (χ2n) is 14.1. The van der Waals surface area contributed by atoms with Crippen LogP contribution in [-0.2, 0) is 5.41 Å². The predicted octanol–water partition coefficient (Wildman–Crippen LogP) is 11.2. The third-order valence-electron chi connectivity index (χ3n) is 10.1. The standard InChI is InChI=1S/C47H34BN3S/c1-27-24-39-44-40(25-27)51-37-18-9-14-30-29-12-5-7-16-34(29)50(45(30)37)38-19-10-15-32(46(38)51)48(44)33-26-28(47(2,3)4)22-23-35(33)49(39)36-17-11-21-42-43(36)31-13-6-8-20-41(31)52-42/h5-26H,1-4H3/i5D,6D,7D,8D,9D,10D,11D,12D,13D,14D,15D,16D,17D,18D,19D,20D,21D,22D,23D,24D,25D,26D. The third-order valence-corrected chi connectivity index (χ3v) is 11.1. The molecule has 246 valence electrons. The molecule has 3 aliphatic rings. The molecule has 0 saturated carbocycles. The first-order valence-corrected chi connectivity index (χ1v) is 17.4. The number of hydrogen-bond acceptors (Lipinski definition) is 3. The van der Waals surface area contributed by atoms with Crippen molar-refractivity contribution in [1.82, 2.24) is 4.57 Å². The maximum atomic E-state index is 10.3. The van der Waals surface area contributed by atoms with E-state index in [-0.39, 0.29) is 109 Å². The minimum absolute atomic E-state index is 0.0188. The molecule has 9 aromatic rings. The van der Waals surface area contributed by atoms with Gasteiger partial charge in [-0.15, -0.1) is 11.3 Å². The first-order valence-electron chi connectivity index (χ1n) is 27.5. The van der Waals surface area contributed by atoms with Gasteiger partial charge in [0, 0.05) is 48.0 Å². The molecule has 52 heavy (non-hydrogen) atoms. The van der Waals surface area contributed by atoms with Gasteiger partial charge in [-0.25, -0.2) is 0 Å². The highest BCUT2D eigenvalue weighted by atomic mass is 32.1. The zero-order chi connectivity index (χ0) is 53.8. The molecule has 3 aliphatic heterocycles. The summed E-state index contributed by atoms with van der Waals surface area (Å²) < 4.78 is 208. The molecule has 0 amide bonds. The number of fused-ring (bicyclic) bond motifs is 12. The highest BCUT2D eigenvalue weighted by Gasteiger charge is 2.46. The van der Waals surface area contributed by atoms with Crippen molar-refractivity contribution >= 4 is 111 Å². The SMILES string of the molecule is [2H]c1c([2H])c2c3c(c1[2H])-n1c4c([2H])c([2H])c([2H])c([2H])c4c4c([2H])c([2H])c([2H])c(c41)N3c1c([2H])c(C)c([2H])c3c1B2c1c([2H])c(C(C)(C)C)c([2H])c([2H])c1N3c1c([2H])c([2H])c([2H])c2sc3c([2H])c([2H])c([2H])c([2H])c3c12. The zero-order valence-corrected chi connectivity index (χ0v) is 28.6. The second kappa shape index (κ2) is 9.75. The molecule has 5 heteroatoms. The molecular formula is C47H34BN3S. The van der Waals surface area contributed by atoms with Gasteiger partial charge in [0.1, 0.15) is 0 Å². The summed E-state index contributed by atoms with van der Waals surface area (Å²) in [5, 5.41) is -0.786. The van der Waals surface area contributed by atoms with Crippen molar-refractivity contribution in [3.8, 4) is 5.69 Å². The van der Waals surface area contributed by atoms with Crippen molar-refractivity contribution in [2.75, 3.05) is 9.80 Å². The first-order chi connectivity index (χ1) is 34.6. The summed E-state index contributed by atoms with van der Waals surface area (Å²) in [6.45, 7) is 4.94. The molecule has 0 radical (unpaired) electrons. The maximum absolute atomic E-state index is 10.3. The molecule has 5 heterocycles. The number of hydrogen-bond donors (Lipinski definition) is 0. The monoisotopic (exact) mass is 705 g/mol. The molecule has 0 saturated heterocycles. The van der Waals surface area contributed by atoms with Gasteiger partial charge in [-0.2, -0.15) is 0 Å². The average molecular weight is 706 g/mol. The van der Waals surface area contributed by atoms with Crippen molar-refractivity contribution in [3.63, 3.8) is 0 Å². The van der Waals surface area contributed by atoms with Crippen LogP contribution in [0, 0.1) is 6.92 Å². The van der Waals surface area contributed by atoms with Crippen LogP contribution in [-0.4, -0.2) is 11.3 Å². The normalized spacial score (nSPS) is 20.0. The molecule has 2 aromatic heterocycles. The summed E-state index contributed by atoms with van der Waals surface area (Å²) in [5.41, 5.74) is -3.97. The smallest absolute Gasteiger partial charge is 0.252 e. The van der Waals surface area contributed by atoms with Crippen LogP contribution in [0.4, 0.5) is 34.1 Å². The number of aromatic nitrogens is 1. The van der Waals surface area contributed by atoms with Gasteiger partial charge in [-0.3, -0.25) is 0 Å². The molecule has 0 spiro atoms. The Kier molecular flexibility index (Phi) is 2.83. The molecule has 0 fully saturated rings. The number of thiophene rings is 1. The van der Waals surface area contributed by atoms with E-state index in [9.17, 15) is 20.6 Å². The lowest BCUT2D eigenvalue weighted by Gasteiger charge is -2.46.